The minimum atomic E-state index is 0. The summed E-state index contributed by atoms with van der Waals surface area (Å²) in [6, 6.07) is 10.4. The molecule has 3 aromatic rings. The zero-order chi connectivity index (χ0) is 20.5. The van der Waals surface area contributed by atoms with Gasteiger partial charge in [0.2, 0.25) is 0 Å². The van der Waals surface area contributed by atoms with Crippen molar-refractivity contribution in [1.29, 1.82) is 0 Å². The Hall–Kier alpha value is -2.36. The molecule has 0 aliphatic carbocycles. The average molecular weight is 521 g/mol. The van der Waals surface area contributed by atoms with Gasteiger partial charge in [0.05, 0.1) is 5.69 Å². The van der Waals surface area contributed by atoms with E-state index in [9.17, 15) is 0 Å². The molecule has 0 saturated carbocycles. The SMILES string of the molecule is CCNC(=NCc1nccn1CC(C)C)NCCc1ccc(-n2cccn2)cc1.I. The summed E-state index contributed by atoms with van der Waals surface area (Å²) in [7, 11) is 0. The smallest absolute Gasteiger partial charge is 0.191 e. The molecule has 162 valence electrons. The van der Waals surface area contributed by atoms with Crippen molar-refractivity contribution < 1.29 is 0 Å². The first-order valence-electron chi connectivity index (χ1n) is 10.3. The van der Waals surface area contributed by atoms with Gasteiger partial charge in [0.15, 0.2) is 5.96 Å². The maximum atomic E-state index is 4.70. The molecule has 0 atom stereocenters. The van der Waals surface area contributed by atoms with E-state index in [-0.39, 0.29) is 24.0 Å². The topological polar surface area (TPSA) is 72.1 Å². The highest BCUT2D eigenvalue weighted by Gasteiger charge is 2.05. The third-order valence-electron chi connectivity index (χ3n) is 4.50. The maximum Gasteiger partial charge on any atom is 0.191 e. The number of guanidine groups is 1. The second-order valence-corrected chi connectivity index (χ2v) is 7.38. The minimum absolute atomic E-state index is 0. The van der Waals surface area contributed by atoms with Crippen molar-refractivity contribution in [3.63, 3.8) is 0 Å². The van der Waals surface area contributed by atoms with Crippen molar-refractivity contribution >= 4 is 29.9 Å². The number of hydrogen-bond donors (Lipinski definition) is 2. The Morgan fingerprint density at radius 1 is 1.10 bits per heavy atom. The van der Waals surface area contributed by atoms with Gasteiger partial charge in [0.25, 0.3) is 0 Å². The van der Waals surface area contributed by atoms with Gasteiger partial charge in [0, 0.05) is 44.4 Å². The van der Waals surface area contributed by atoms with Crippen molar-refractivity contribution in [2.75, 3.05) is 13.1 Å². The lowest BCUT2D eigenvalue weighted by Gasteiger charge is -2.12. The van der Waals surface area contributed by atoms with Crippen LogP contribution in [0, 0.1) is 5.92 Å². The molecule has 0 spiro atoms. The van der Waals surface area contributed by atoms with Gasteiger partial charge in [-0.25, -0.2) is 14.7 Å². The molecule has 0 aliphatic rings. The summed E-state index contributed by atoms with van der Waals surface area (Å²) in [5.74, 6) is 2.39. The van der Waals surface area contributed by atoms with E-state index in [0.717, 1.165) is 43.5 Å². The van der Waals surface area contributed by atoms with E-state index in [1.807, 2.05) is 29.3 Å². The Labute approximate surface area is 196 Å². The lowest BCUT2D eigenvalue weighted by atomic mass is 10.1. The second-order valence-electron chi connectivity index (χ2n) is 7.38. The number of hydrogen-bond acceptors (Lipinski definition) is 3. The molecule has 7 nitrogen and oxygen atoms in total. The third-order valence-corrected chi connectivity index (χ3v) is 4.50. The van der Waals surface area contributed by atoms with Crippen LogP contribution in [-0.4, -0.2) is 38.4 Å². The number of rotatable bonds is 9. The predicted octanol–water partition coefficient (Wildman–Crippen LogP) is 3.64. The highest BCUT2D eigenvalue weighted by Crippen LogP contribution is 2.09. The molecule has 30 heavy (non-hydrogen) atoms. The van der Waals surface area contributed by atoms with E-state index in [2.05, 4.69) is 70.3 Å². The van der Waals surface area contributed by atoms with Crippen LogP contribution < -0.4 is 10.6 Å². The average Bonchev–Trinajstić information content (AvgIpc) is 3.38. The molecular formula is C22H32IN7. The Bertz CT molecular complexity index is 883. The third kappa shape index (κ3) is 7.16. The normalized spacial score (nSPS) is 11.4. The molecular weight excluding hydrogens is 489 g/mol. The fourth-order valence-electron chi connectivity index (χ4n) is 3.10. The fourth-order valence-corrected chi connectivity index (χ4v) is 3.10. The number of halogens is 1. The molecule has 2 aromatic heterocycles. The van der Waals surface area contributed by atoms with Crippen molar-refractivity contribution in [3.8, 4) is 5.69 Å². The summed E-state index contributed by atoms with van der Waals surface area (Å²) in [5.41, 5.74) is 2.34. The zero-order valence-electron chi connectivity index (χ0n) is 18.0. The van der Waals surface area contributed by atoms with Crippen LogP contribution in [0.25, 0.3) is 5.69 Å². The van der Waals surface area contributed by atoms with Gasteiger partial charge in [-0.15, -0.1) is 24.0 Å². The van der Waals surface area contributed by atoms with E-state index in [1.54, 1.807) is 6.20 Å². The van der Waals surface area contributed by atoms with E-state index < -0.39 is 0 Å². The van der Waals surface area contributed by atoms with Gasteiger partial charge in [-0.1, -0.05) is 26.0 Å². The monoisotopic (exact) mass is 521 g/mol. The van der Waals surface area contributed by atoms with Crippen LogP contribution in [0.4, 0.5) is 0 Å². The lowest BCUT2D eigenvalue weighted by Crippen LogP contribution is -2.38. The van der Waals surface area contributed by atoms with Crippen molar-refractivity contribution in [2.45, 2.75) is 40.3 Å². The molecule has 2 N–H and O–H groups in total. The Kier molecular flexibility index (Phi) is 9.85. The molecule has 0 aliphatic heterocycles. The Morgan fingerprint density at radius 2 is 1.90 bits per heavy atom. The molecule has 8 heteroatoms. The van der Waals surface area contributed by atoms with Crippen LogP contribution in [0.3, 0.4) is 0 Å². The molecule has 3 rings (SSSR count). The Morgan fingerprint density at radius 3 is 2.57 bits per heavy atom. The lowest BCUT2D eigenvalue weighted by molar-refractivity contribution is 0.507. The number of nitrogens with one attached hydrogen (secondary N) is 2. The van der Waals surface area contributed by atoms with E-state index in [0.29, 0.717) is 12.5 Å². The second kappa shape index (κ2) is 12.4. The number of aliphatic imine (C=N–C) groups is 1. The van der Waals surface area contributed by atoms with Gasteiger partial charge in [-0.2, -0.15) is 5.10 Å². The van der Waals surface area contributed by atoms with E-state index >= 15 is 0 Å². The van der Waals surface area contributed by atoms with Crippen molar-refractivity contribution in [1.82, 2.24) is 30.0 Å². The van der Waals surface area contributed by atoms with Crippen LogP contribution in [0.15, 0.2) is 60.1 Å². The molecule has 1 aromatic carbocycles. The number of benzene rings is 1. The van der Waals surface area contributed by atoms with Crippen LogP contribution in [-0.2, 0) is 19.5 Å². The molecule has 0 bridgehead atoms. The largest absolute Gasteiger partial charge is 0.357 e. The van der Waals surface area contributed by atoms with Crippen molar-refractivity contribution in [2.24, 2.45) is 10.9 Å². The first kappa shape index (κ1) is 23.9. The van der Waals surface area contributed by atoms with Crippen LogP contribution in [0.2, 0.25) is 0 Å². The van der Waals surface area contributed by atoms with Gasteiger partial charge in [0.1, 0.15) is 12.4 Å². The summed E-state index contributed by atoms with van der Waals surface area (Å²) in [6.45, 7) is 9.65. The van der Waals surface area contributed by atoms with Gasteiger partial charge >= 0.3 is 0 Å². The Balaban J connectivity index is 0.00000320. The highest BCUT2D eigenvalue weighted by atomic mass is 127. The molecule has 2 heterocycles. The van der Waals surface area contributed by atoms with E-state index in [1.165, 1.54) is 5.56 Å². The summed E-state index contributed by atoms with van der Waals surface area (Å²) in [5, 5.41) is 11.0. The molecule has 0 radical (unpaired) electrons. The summed E-state index contributed by atoms with van der Waals surface area (Å²) >= 11 is 0. The van der Waals surface area contributed by atoms with Crippen molar-refractivity contribution in [3.05, 3.63) is 66.5 Å². The van der Waals surface area contributed by atoms with Crippen LogP contribution >= 0.6 is 24.0 Å². The first-order valence-corrected chi connectivity index (χ1v) is 10.3. The number of imidazole rings is 1. The summed E-state index contributed by atoms with van der Waals surface area (Å²) < 4.78 is 4.04. The highest BCUT2D eigenvalue weighted by molar-refractivity contribution is 14.0. The van der Waals surface area contributed by atoms with Gasteiger partial charge in [-0.05, 0) is 43.0 Å². The molecule has 0 unspecified atom stereocenters. The maximum absolute atomic E-state index is 4.70. The van der Waals surface area contributed by atoms with E-state index in [4.69, 9.17) is 4.99 Å². The zero-order valence-corrected chi connectivity index (χ0v) is 20.3. The van der Waals surface area contributed by atoms with Crippen LogP contribution in [0.1, 0.15) is 32.2 Å². The van der Waals surface area contributed by atoms with Gasteiger partial charge < -0.3 is 15.2 Å². The number of aromatic nitrogens is 4. The fraction of sp³-hybridized carbons (Fsp3) is 0.409. The standard InChI is InChI=1S/C22H31N7.HI/c1-4-23-22(26-16-21-24-13-15-28(21)17-18(2)3)25-12-10-19-6-8-20(9-7-19)29-14-5-11-27-29;/h5-9,11,13-15,18H,4,10,12,16-17H2,1-3H3,(H2,23,25,26);1H. The van der Waals surface area contributed by atoms with Crippen LogP contribution in [0.5, 0.6) is 0 Å². The predicted molar refractivity (Wildman–Crippen MR) is 133 cm³/mol. The molecule has 0 amide bonds. The van der Waals surface area contributed by atoms with Gasteiger partial charge in [-0.3, -0.25) is 0 Å². The minimum Gasteiger partial charge on any atom is -0.357 e. The molecule has 0 fully saturated rings. The summed E-state index contributed by atoms with van der Waals surface area (Å²) in [4.78, 5) is 9.15. The number of nitrogens with zero attached hydrogens (tertiary/aromatic N) is 5. The first-order chi connectivity index (χ1) is 14.2. The summed E-state index contributed by atoms with van der Waals surface area (Å²) in [6.07, 6.45) is 8.53. The quantitative estimate of drug-likeness (QED) is 0.256. The molecule has 0 saturated heterocycles.